The van der Waals surface area contributed by atoms with Crippen molar-refractivity contribution in [2.24, 2.45) is 5.92 Å². The van der Waals surface area contributed by atoms with Crippen LogP contribution in [0.3, 0.4) is 0 Å². The molecule has 0 amide bonds. The molecule has 3 heteroatoms. The summed E-state index contributed by atoms with van der Waals surface area (Å²) in [5.41, 5.74) is 1.26. The zero-order valence-electron chi connectivity index (χ0n) is 10.4. The topological polar surface area (TPSA) is 30.5 Å². The Morgan fingerprint density at radius 1 is 1.35 bits per heavy atom. The Bertz CT molecular complexity index is 335. The highest BCUT2D eigenvalue weighted by Crippen LogP contribution is 2.18. The summed E-state index contributed by atoms with van der Waals surface area (Å²) in [6, 6.07) is 8.29. The number of nitrogens with one attached hydrogen (secondary N) is 1. The van der Waals surface area contributed by atoms with E-state index in [0.717, 1.165) is 45.0 Å². The maximum atomic E-state index is 5.85. The van der Waals surface area contributed by atoms with Gasteiger partial charge < -0.3 is 14.8 Å². The summed E-state index contributed by atoms with van der Waals surface area (Å²) in [6.45, 7) is 3.46. The Morgan fingerprint density at radius 3 is 2.94 bits per heavy atom. The lowest BCUT2D eigenvalue weighted by Gasteiger charge is -2.22. The van der Waals surface area contributed by atoms with Gasteiger partial charge in [0, 0.05) is 19.8 Å². The maximum absolute atomic E-state index is 5.85. The second-order valence-corrected chi connectivity index (χ2v) is 4.54. The molecule has 3 nitrogen and oxygen atoms in total. The minimum atomic E-state index is 0.650. The highest BCUT2D eigenvalue weighted by Gasteiger charge is 2.14. The summed E-state index contributed by atoms with van der Waals surface area (Å²) in [6.07, 6.45) is 2.24. The molecule has 0 aliphatic carbocycles. The van der Waals surface area contributed by atoms with Crippen LogP contribution in [-0.4, -0.2) is 26.9 Å². The van der Waals surface area contributed by atoms with Gasteiger partial charge in [-0.2, -0.15) is 0 Å². The van der Waals surface area contributed by atoms with Crippen LogP contribution >= 0.6 is 0 Å². The normalized spacial score (nSPS) is 17.0. The van der Waals surface area contributed by atoms with Gasteiger partial charge in [0.1, 0.15) is 5.75 Å². The van der Waals surface area contributed by atoms with Crippen LogP contribution in [0.25, 0.3) is 0 Å². The summed E-state index contributed by atoms with van der Waals surface area (Å²) >= 11 is 0. The summed E-state index contributed by atoms with van der Waals surface area (Å²) in [5.74, 6) is 1.63. The zero-order valence-corrected chi connectivity index (χ0v) is 10.4. The summed E-state index contributed by atoms with van der Waals surface area (Å²) < 4.78 is 11.2. The average Bonchev–Trinajstić information content (AvgIpc) is 2.39. The van der Waals surface area contributed by atoms with Gasteiger partial charge in [-0.05, 0) is 43.5 Å². The lowest BCUT2D eigenvalue weighted by atomic mass is 10.0. The van der Waals surface area contributed by atoms with Crippen LogP contribution in [0.1, 0.15) is 18.4 Å². The third kappa shape index (κ3) is 4.02. The van der Waals surface area contributed by atoms with Crippen molar-refractivity contribution in [3.05, 3.63) is 29.8 Å². The zero-order chi connectivity index (χ0) is 11.9. The fraction of sp³-hybridized carbons (Fsp3) is 0.571. The van der Waals surface area contributed by atoms with Crippen molar-refractivity contribution < 1.29 is 9.47 Å². The van der Waals surface area contributed by atoms with Crippen molar-refractivity contribution >= 4 is 0 Å². The van der Waals surface area contributed by atoms with Crippen LogP contribution in [0.2, 0.25) is 0 Å². The van der Waals surface area contributed by atoms with E-state index in [1.807, 2.05) is 19.2 Å². The smallest absolute Gasteiger partial charge is 0.119 e. The molecule has 1 saturated heterocycles. The molecule has 1 aliphatic heterocycles. The van der Waals surface area contributed by atoms with Gasteiger partial charge in [0.15, 0.2) is 0 Å². The highest BCUT2D eigenvalue weighted by molar-refractivity contribution is 5.28. The monoisotopic (exact) mass is 235 g/mol. The molecule has 1 aromatic carbocycles. The lowest BCUT2D eigenvalue weighted by Crippen LogP contribution is -2.21. The molecule has 0 saturated carbocycles. The number of hydrogen-bond acceptors (Lipinski definition) is 3. The second-order valence-electron chi connectivity index (χ2n) is 4.54. The third-order valence-electron chi connectivity index (χ3n) is 3.11. The van der Waals surface area contributed by atoms with Crippen LogP contribution in [-0.2, 0) is 11.3 Å². The summed E-state index contributed by atoms with van der Waals surface area (Å²) in [4.78, 5) is 0. The molecule has 0 aromatic heterocycles. The Balaban J connectivity index is 1.83. The molecule has 1 N–H and O–H groups in total. The standard InChI is InChI=1S/C14H21NO2/c1-15-10-13-3-2-4-14(9-13)17-11-12-5-7-16-8-6-12/h2-4,9,12,15H,5-8,10-11H2,1H3. The van der Waals surface area contributed by atoms with Crippen LogP contribution in [0.15, 0.2) is 24.3 Å². The molecule has 1 aromatic rings. The quantitative estimate of drug-likeness (QED) is 0.848. The van der Waals surface area contributed by atoms with Gasteiger partial charge in [-0.25, -0.2) is 0 Å². The Kier molecular flexibility index (Phi) is 4.83. The van der Waals surface area contributed by atoms with Crippen LogP contribution < -0.4 is 10.1 Å². The molecule has 94 valence electrons. The first-order chi connectivity index (χ1) is 8.38. The molecule has 0 atom stereocenters. The van der Waals surface area contributed by atoms with Crippen LogP contribution in [0.5, 0.6) is 5.75 Å². The second kappa shape index (κ2) is 6.62. The molecule has 1 fully saturated rings. The molecule has 0 spiro atoms. The lowest BCUT2D eigenvalue weighted by molar-refractivity contribution is 0.0497. The summed E-state index contributed by atoms with van der Waals surface area (Å²) in [7, 11) is 1.95. The number of hydrogen-bond donors (Lipinski definition) is 1. The first kappa shape index (κ1) is 12.4. The summed E-state index contributed by atoms with van der Waals surface area (Å²) in [5, 5.41) is 3.14. The molecular formula is C14H21NO2. The van der Waals surface area contributed by atoms with Gasteiger partial charge in [0.25, 0.3) is 0 Å². The van der Waals surface area contributed by atoms with Gasteiger partial charge >= 0.3 is 0 Å². The first-order valence-electron chi connectivity index (χ1n) is 6.32. The fourth-order valence-electron chi connectivity index (χ4n) is 2.08. The predicted molar refractivity (Wildman–Crippen MR) is 68.2 cm³/mol. The third-order valence-corrected chi connectivity index (χ3v) is 3.11. The number of rotatable bonds is 5. The van der Waals surface area contributed by atoms with E-state index < -0.39 is 0 Å². The average molecular weight is 235 g/mol. The van der Waals surface area contributed by atoms with E-state index in [-0.39, 0.29) is 0 Å². The van der Waals surface area contributed by atoms with E-state index in [0.29, 0.717) is 5.92 Å². The van der Waals surface area contributed by atoms with Crippen molar-refractivity contribution in [2.75, 3.05) is 26.9 Å². The molecule has 0 unspecified atom stereocenters. The van der Waals surface area contributed by atoms with Crippen molar-refractivity contribution in [3.8, 4) is 5.75 Å². The molecular weight excluding hydrogens is 214 g/mol. The van der Waals surface area contributed by atoms with Crippen molar-refractivity contribution in [1.29, 1.82) is 0 Å². The Morgan fingerprint density at radius 2 is 2.18 bits per heavy atom. The minimum Gasteiger partial charge on any atom is -0.493 e. The largest absolute Gasteiger partial charge is 0.493 e. The van der Waals surface area contributed by atoms with Gasteiger partial charge in [0.05, 0.1) is 6.61 Å². The molecule has 0 bridgehead atoms. The van der Waals surface area contributed by atoms with Crippen LogP contribution in [0, 0.1) is 5.92 Å². The van der Waals surface area contributed by atoms with E-state index in [1.165, 1.54) is 5.56 Å². The number of benzene rings is 1. The SMILES string of the molecule is CNCc1cccc(OCC2CCOCC2)c1. The maximum Gasteiger partial charge on any atom is 0.119 e. The van der Waals surface area contributed by atoms with E-state index in [9.17, 15) is 0 Å². The van der Waals surface area contributed by atoms with Crippen LogP contribution in [0.4, 0.5) is 0 Å². The first-order valence-corrected chi connectivity index (χ1v) is 6.32. The van der Waals surface area contributed by atoms with E-state index >= 15 is 0 Å². The number of ether oxygens (including phenoxy) is 2. The van der Waals surface area contributed by atoms with Gasteiger partial charge in [0.2, 0.25) is 0 Å². The fourth-order valence-corrected chi connectivity index (χ4v) is 2.08. The Hall–Kier alpha value is -1.06. The van der Waals surface area contributed by atoms with E-state index in [4.69, 9.17) is 9.47 Å². The van der Waals surface area contributed by atoms with Crippen molar-refractivity contribution in [2.45, 2.75) is 19.4 Å². The van der Waals surface area contributed by atoms with Crippen molar-refractivity contribution in [1.82, 2.24) is 5.32 Å². The molecule has 17 heavy (non-hydrogen) atoms. The molecule has 1 heterocycles. The molecule has 1 aliphatic rings. The van der Waals surface area contributed by atoms with Gasteiger partial charge in [-0.15, -0.1) is 0 Å². The van der Waals surface area contributed by atoms with Gasteiger partial charge in [-0.3, -0.25) is 0 Å². The van der Waals surface area contributed by atoms with E-state index in [1.54, 1.807) is 0 Å². The minimum absolute atomic E-state index is 0.650. The highest BCUT2D eigenvalue weighted by atomic mass is 16.5. The van der Waals surface area contributed by atoms with Crippen molar-refractivity contribution in [3.63, 3.8) is 0 Å². The molecule has 2 rings (SSSR count). The van der Waals surface area contributed by atoms with Gasteiger partial charge in [-0.1, -0.05) is 12.1 Å². The Labute approximate surface area is 103 Å². The molecule has 0 radical (unpaired) electrons. The predicted octanol–water partition coefficient (Wildman–Crippen LogP) is 2.21. The van der Waals surface area contributed by atoms with E-state index in [2.05, 4.69) is 17.4 Å².